The van der Waals surface area contributed by atoms with Crippen LogP contribution in [0.25, 0.3) is 0 Å². The molecule has 18 heavy (non-hydrogen) atoms. The van der Waals surface area contributed by atoms with Gasteiger partial charge >= 0.3 is 0 Å². The smallest absolute Gasteiger partial charge is 0.0149 e. The summed E-state index contributed by atoms with van der Waals surface area (Å²) >= 11 is 2.14. The predicted octanol–water partition coefficient (Wildman–Crippen LogP) is 2.97. The second-order valence-electron chi connectivity index (χ2n) is 6.84. The fourth-order valence-corrected chi connectivity index (χ4v) is 5.08. The molecule has 2 fully saturated rings. The van der Waals surface area contributed by atoms with Crippen molar-refractivity contribution in [3.8, 4) is 0 Å². The molecule has 0 amide bonds. The van der Waals surface area contributed by atoms with Gasteiger partial charge in [0.25, 0.3) is 0 Å². The third-order valence-corrected chi connectivity index (χ3v) is 6.05. The van der Waals surface area contributed by atoms with Crippen LogP contribution in [-0.4, -0.2) is 41.6 Å². The van der Waals surface area contributed by atoms with Crippen molar-refractivity contribution < 1.29 is 0 Å². The highest BCUT2D eigenvalue weighted by molar-refractivity contribution is 8.00. The van der Waals surface area contributed by atoms with E-state index in [1.165, 1.54) is 45.3 Å². The van der Waals surface area contributed by atoms with Gasteiger partial charge in [-0.3, -0.25) is 0 Å². The van der Waals surface area contributed by atoms with Gasteiger partial charge in [0, 0.05) is 30.1 Å². The summed E-state index contributed by atoms with van der Waals surface area (Å²) in [5.41, 5.74) is 6.56. The molecule has 1 saturated heterocycles. The lowest BCUT2D eigenvalue weighted by atomic mass is 9.70. The minimum Gasteiger partial charge on any atom is -0.330 e. The molecule has 0 radical (unpaired) electrons. The van der Waals surface area contributed by atoms with Crippen molar-refractivity contribution in [2.24, 2.45) is 17.1 Å². The Balaban J connectivity index is 1.93. The number of thioether (sulfide) groups is 1. The van der Waals surface area contributed by atoms with Crippen LogP contribution >= 0.6 is 11.8 Å². The Bertz CT molecular complexity index is 251. The number of hydrogen-bond donors (Lipinski definition) is 1. The van der Waals surface area contributed by atoms with Crippen molar-refractivity contribution in [2.75, 3.05) is 26.2 Å². The Labute approximate surface area is 117 Å². The average Bonchev–Trinajstić information content (AvgIpc) is 2.31. The molecular weight excluding hydrogens is 240 g/mol. The van der Waals surface area contributed by atoms with Crippen LogP contribution in [0.1, 0.15) is 46.5 Å². The Kier molecular flexibility index (Phi) is 5.01. The molecule has 2 aliphatic rings. The highest BCUT2D eigenvalue weighted by Crippen LogP contribution is 2.39. The summed E-state index contributed by atoms with van der Waals surface area (Å²) in [4.78, 5) is 2.69. The molecule has 2 nitrogen and oxygen atoms in total. The monoisotopic (exact) mass is 270 g/mol. The van der Waals surface area contributed by atoms with E-state index in [1.54, 1.807) is 0 Å². The molecule has 0 aromatic rings. The normalized spacial score (nSPS) is 43.0. The molecule has 2 unspecified atom stereocenters. The summed E-state index contributed by atoms with van der Waals surface area (Å²) in [5.74, 6) is 0.916. The zero-order valence-electron chi connectivity index (χ0n) is 12.3. The molecule has 0 aromatic carbocycles. The number of hydrogen-bond acceptors (Lipinski definition) is 3. The Morgan fingerprint density at radius 1 is 1.11 bits per heavy atom. The maximum atomic E-state index is 6.14. The molecule has 2 N–H and O–H groups in total. The van der Waals surface area contributed by atoms with Gasteiger partial charge in [-0.15, -0.1) is 0 Å². The van der Waals surface area contributed by atoms with Gasteiger partial charge in [-0.25, -0.2) is 0 Å². The lowest BCUT2D eigenvalue weighted by Crippen LogP contribution is -2.49. The molecule has 0 bridgehead atoms. The summed E-state index contributed by atoms with van der Waals surface area (Å²) in [5, 5.41) is 1.57. The van der Waals surface area contributed by atoms with Crippen LogP contribution in [0.15, 0.2) is 0 Å². The van der Waals surface area contributed by atoms with Crippen LogP contribution < -0.4 is 5.73 Å². The molecular formula is C15H30N2S. The number of nitrogens with zero attached hydrogens (tertiary/aromatic N) is 1. The third kappa shape index (κ3) is 3.64. The fraction of sp³-hybridized carbons (Fsp3) is 1.00. The van der Waals surface area contributed by atoms with E-state index in [2.05, 4.69) is 37.4 Å². The van der Waals surface area contributed by atoms with Crippen molar-refractivity contribution in [1.29, 1.82) is 0 Å². The lowest BCUT2D eigenvalue weighted by molar-refractivity contribution is 0.0938. The van der Waals surface area contributed by atoms with Crippen molar-refractivity contribution in [2.45, 2.75) is 57.0 Å². The summed E-state index contributed by atoms with van der Waals surface area (Å²) < 4.78 is 0. The van der Waals surface area contributed by atoms with Crippen LogP contribution in [0.4, 0.5) is 0 Å². The highest BCUT2D eigenvalue weighted by Gasteiger charge is 2.36. The summed E-state index contributed by atoms with van der Waals surface area (Å²) in [6, 6.07) is 0. The van der Waals surface area contributed by atoms with Crippen molar-refractivity contribution in [3.63, 3.8) is 0 Å². The first-order valence-electron chi connectivity index (χ1n) is 7.61. The SMILES string of the molecule is CC1CCC(CN)(CN2CC(C)SC(C)C2)CC1. The Morgan fingerprint density at radius 2 is 1.67 bits per heavy atom. The van der Waals surface area contributed by atoms with Gasteiger partial charge in [-0.1, -0.05) is 33.6 Å². The molecule has 1 heterocycles. The van der Waals surface area contributed by atoms with E-state index < -0.39 is 0 Å². The number of nitrogens with two attached hydrogens (primary N) is 1. The minimum atomic E-state index is 0.425. The molecule has 1 aliphatic heterocycles. The van der Waals surface area contributed by atoms with Crippen molar-refractivity contribution in [1.82, 2.24) is 4.90 Å². The molecule has 0 aromatic heterocycles. The fourth-order valence-electron chi connectivity index (χ4n) is 3.69. The predicted molar refractivity (Wildman–Crippen MR) is 82.1 cm³/mol. The second kappa shape index (κ2) is 6.15. The molecule has 0 spiro atoms. The van der Waals surface area contributed by atoms with Crippen LogP contribution in [0.5, 0.6) is 0 Å². The van der Waals surface area contributed by atoms with Gasteiger partial charge < -0.3 is 10.6 Å². The van der Waals surface area contributed by atoms with Gasteiger partial charge in [0.05, 0.1) is 0 Å². The first-order valence-corrected chi connectivity index (χ1v) is 8.55. The quantitative estimate of drug-likeness (QED) is 0.855. The maximum absolute atomic E-state index is 6.14. The van der Waals surface area contributed by atoms with Crippen LogP contribution in [0.3, 0.4) is 0 Å². The molecule has 106 valence electrons. The Morgan fingerprint density at radius 3 is 2.17 bits per heavy atom. The Hall–Kier alpha value is 0.270. The van der Waals surface area contributed by atoms with E-state index in [9.17, 15) is 0 Å². The van der Waals surface area contributed by atoms with E-state index in [4.69, 9.17) is 5.73 Å². The first kappa shape index (κ1) is 14.7. The summed E-state index contributed by atoms with van der Waals surface area (Å²) in [6.45, 7) is 11.8. The number of rotatable bonds is 3. The molecule has 3 heteroatoms. The zero-order valence-corrected chi connectivity index (χ0v) is 13.1. The third-order valence-electron chi connectivity index (χ3n) is 4.82. The molecule has 2 atom stereocenters. The summed E-state index contributed by atoms with van der Waals surface area (Å²) in [7, 11) is 0. The van der Waals surface area contributed by atoms with E-state index in [0.717, 1.165) is 23.0 Å². The first-order chi connectivity index (χ1) is 8.53. The zero-order chi connectivity index (χ0) is 13.2. The molecule has 1 aliphatic carbocycles. The maximum Gasteiger partial charge on any atom is 0.0149 e. The van der Waals surface area contributed by atoms with Gasteiger partial charge in [-0.05, 0) is 30.7 Å². The van der Waals surface area contributed by atoms with Gasteiger partial charge in [0.1, 0.15) is 0 Å². The largest absolute Gasteiger partial charge is 0.330 e. The van der Waals surface area contributed by atoms with Crippen LogP contribution in [0, 0.1) is 11.3 Å². The molecule has 2 rings (SSSR count). The van der Waals surface area contributed by atoms with Gasteiger partial charge in [0.2, 0.25) is 0 Å². The summed E-state index contributed by atoms with van der Waals surface area (Å²) in [6.07, 6.45) is 5.45. The topological polar surface area (TPSA) is 29.3 Å². The van der Waals surface area contributed by atoms with E-state index in [-0.39, 0.29) is 0 Å². The lowest BCUT2D eigenvalue weighted by Gasteiger charge is -2.45. The minimum absolute atomic E-state index is 0.425. The van der Waals surface area contributed by atoms with E-state index in [0.29, 0.717) is 5.41 Å². The highest BCUT2D eigenvalue weighted by atomic mass is 32.2. The van der Waals surface area contributed by atoms with Gasteiger partial charge in [-0.2, -0.15) is 11.8 Å². The average molecular weight is 270 g/mol. The van der Waals surface area contributed by atoms with Crippen LogP contribution in [0.2, 0.25) is 0 Å². The van der Waals surface area contributed by atoms with Crippen LogP contribution in [-0.2, 0) is 0 Å². The van der Waals surface area contributed by atoms with E-state index in [1.807, 2.05) is 0 Å². The standard InChI is InChI=1S/C15H30N2S/c1-12-4-6-15(10-16,7-5-12)11-17-8-13(2)18-14(3)9-17/h12-14H,4-11,16H2,1-3H3. The van der Waals surface area contributed by atoms with Crippen molar-refractivity contribution >= 4 is 11.8 Å². The van der Waals surface area contributed by atoms with Crippen molar-refractivity contribution in [3.05, 3.63) is 0 Å². The van der Waals surface area contributed by atoms with E-state index >= 15 is 0 Å². The molecule has 1 saturated carbocycles. The second-order valence-corrected chi connectivity index (χ2v) is 8.72. The van der Waals surface area contributed by atoms with Gasteiger partial charge in [0.15, 0.2) is 0 Å².